The van der Waals surface area contributed by atoms with Crippen molar-refractivity contribution in [3.8, 4) is 5.75 Å². The Kier molecular flexibility index (Phi) is 5.56. The topological polar surface area (TPSA) is 47.3 Å². The monoisotopic (exact) mass is 254 g/mol. The Morgan fingerprint density at radius 3 is 2.56 bits per heavy atom. The molecule has 102 valence electrons. The number of rotatable bonds is 6. The van der Waals surface area contributed by atoms with Gasteiger partial charge in [-0.3, -0.25) is 0 Å². The van der Waals surface area contributed by atoms with Crippen LogP contribution in [-0.2, 0) is 0 Å². The molecule has 0 fully saturated rings. The zero-order valence-corrected chi connectivity index (χ0v) is 11.5. The summed E-state index contributed by atoms with van der Waals surface area (Å²) in [4.78, 5) is 0. The van der Waals surface area contributed by atoms with Crippen LogP contribution in [0.4, 0.5) is 4.39 Å². The van der Waals surface area contributed by atoms with E-state index in [9.17, 15) is 4.39 Å². The highest BCUT2D eigenvalue weighted by Crippen LogP contribution is 2.32. The first-order valence-electron chi connectivity index (χ1n) is 6.24. The van der Waals surface area contributed by atoms with E-state index in [1.165, 1.54) is 12.1 Å². The molecule has 0 heterocycles. The van der Waals surface area contributed by atoms with E-state index in [-0.39, 0.29) is 17.8 Å². The molecule has 0 bridgehead atoms. The summed E-state index contributed by atoms with van der Waals surface area (Å²) < 4.78 is 18.6. The van der Waals surface area contributed by atoms with Gasteiger partial charge in [0, 0.05) is 11.6 Å². The van der Waals surface area contributed by atoms with Crippen molar-refractivity contribution in [2.24, 2.45) is 17.6 Å². The minimum atomic E-state index is -0.284. The van der Waals surface area contributed by atoms with Crippen molar-refractivity contribution in [3.05, 3.63) is 29.6 Å². The van der Waals surface area contributed by atoms with Gasteiger partial charge in [0.15, 0.2) is 0 Å². The van der Waals surface area contributed by atoms with Gasteiger partial charge in [-0.25, -0.2) is 4.39 Å². The van der Waals surface area contributed by atoms with Crippen LogP contribution in [0.2, 0.25) is 0 Å². The maximum Gasteiger partial charge on any atom is 0.123 e. The van der Waals surface area contributed by atoms with Crippen LogP contribution in [0.25, 0.3) is 0 Å². The number of nitrogens with one attached hydrogen (secondary N) is 1. The Morgan fingerprint density at radius 1 is 1.39 bits per heavy atom. The predicted octanol–water partition coefficient (Wildman–Crippen LogP) is 2.33. The molecule has 2 unspecified atom stereocenters. The van der Waals surface area contributed by atoms with E-state index in [1.54, 1.807) is 13.2 Å². The molecular formula is C14H23FN2O. The van der Waals surface area contributed by atoms with Gasteiger partial charge in [-0.05, 0) is 43.6 Å². The number of ether oxygens (including phenoxy) is 1. The van der Waals surface area contributed by atoms with Gasteiger partial charge in [0.25, 0.3) is 0 Å². The lowest BCUT2D eigenvalue weighted by atomic mass is 9.84. The molecule has 0 aromatic heterocycles. The summed E-state index contributed by atoms with van der Waals surface area (Å²) in [5.74, 6) is 0.991. The second-order valence-electron chi connectivity index (χ2n) is 4.88. The maximum atomic E-state index is 13.4. The Morgan fingerprint density at radius 2 is 2.06 bits per heavy atom. The summed E-state index contributed by atoms with van der Waals surface area (Å²) in [7, 11) is 3.47. The highest BCUT2D eigenvalue weighted by atomic mass is 19.1. The number of halogens is 1. The smallest absolute Gasteiger partial charge is 0.123 e. The molecule has 0 aliphatic heterocycles. The molecule has 4 heteroatoms. The van der Waals surface area contributed by atoms with Crippen LogP contribution >= 0.6 is 0 Å². The molecule has 1 aromatic rings. The van der Waals surface area contributed by atoms with Crippen LogP contribution in [-0.4, -0.2) is 20.7 Å². The van der Waals surface area contributed by atoms with E-state index >= 15 is 0 Å². The van der Waals surface area contributed by atoms with Gasteiger partial charge in [-0.1, -0.05) is 13.8 Å². The van der Waals surface area contributed by atoms with Crippen LogP contribution in [0.15, 0.2) is 18.2 Å². The van der Waals surface area contributed by atoms with Gasteiger partial charge in [0.2, 0.25) is 0 Å². The number of hydrogen-bond acceptors (Lipinski definition) is 3. The van der Waals surface area contributed by atoms with Crippen molar-refractivity contribution in [3.63, 3.8) is 0 Å². The third kappa shape index (κ3) is 3.43. The molecule has 0 saturated carbocycles. The molecule has 0 radical (unpaired) electrons. The van der Waals surface area contributed by atoms with E-state index in [4.69, 9.17) is 10.5 Å². The standard InChI is InChI=1S/C14H23FN2O/c1-9(2)12(8-17-3)14(16)11-7-10(15)5-6-13(11)18-4/h5-7,9,12,14,17H,8,16H2,1-4H3. The first kappa shape index (κ1) is 14.9. The van der Waals surface area contributed by atoms with Gasteiger partial charge < -0.3 is 15.8 Å². The van der Waals surface area contributed by atoms with Crippen LogP contribution < -0.4 is 15.8 Å². The summed E-state index contributed by atoms with van der Waals surface area (Å²) in [5.41, 5.74) is 7.01. The number of nitrogens with two attached hydrogens (primary N) is 1. The molecule has 0 aliphatic carbocycles. The third-order valence-corrected chi connectivity index (χ3v) is 3.31. The molecule has 0 aliphatic rings. The summed E-state index contributed by atoms with van der Waals surface area (Å²) in [5, 5.41) is 3.14. The minimum Gasteiger partial charge on any atom is -0.496 e. The van der Waals surface area contributed by atoms with E-state index in [1.807, 2.05) is 7.05 Å². The molecule has 1 aromatic carbocycles. The van der Waals surface area contributed by atoms with Crippen LogP contribution in [0.5, 0.6) is 5.75 Å². The highest BCUT2D eigenvalue weighted by Gasteiger charge is 2.25. The first-order chi connectivity index (χ1) is 8.51. The summed E-state index contributed by atoms with van der Waals surface area (Å²) in [6, 6.07) is 4.23. The van der Waals surface area contributed by atoms with Crippen molar-refractivity contribution < 1.29 is 9.13 Å². The lowest BCUT2D eigenvalue weighted by molar-refractivity contribution is 0.305. The molecule has 2 atom stereocenters. The second-order valence-corrected chi connectivity index (χ2v) is 4.88. The Hall–Kier alpha value is -1.13. The fourth-order valence-corrected chi connectivity index (χ4v) is 2.21. The number of methoxy groups -OCH3 is 1. The lowest BCUT2D eigenvalue weighted by Gasteiger charge is -2.28. The zero-order valence-electron chi connectivity index (χ0n) is 11.5. The first-order valence-corrected chi connectivity index (χ1v) is 6.24. The van der Waals surface area contributed by atoms with Crippen molar-refractivity contribution in [1.29, 1.82) is 0 Å². The zero-order chi connectivity index (χ0) is 13.7. The van der Waals surface area contributed by atoms with Gasteiger partial charge in [0.1, 0.15) is 11.6 Å². The van der Waals surface area contributed by atoms with E-state index in [2.05, 4.69) is 19.2 Å². The molecule has 3 N–H and O–H groups in total. The van der Waals surface area contributed by atoms with E-state index in [0.29, 0.717) is 11.7 Å². The Bertz CT molecular complexity index is 382. The molecule has 0 amide bonds. The molecule has 0 spiro atoms. The van der Waals surface area contributed by atoms with E-state index < -0.39 is 0 Å². The summed E-state index contributed by atoms with van der Waals surface area (Å²) >= 11 is 0. The van der Waals surface area contributed by atoms with Crippen LogP contribution in [0, 0.1) is 17.7 Å². The summed E-state index contributed by atoms with van der Waals surface area (Å²) in [6.07, 6.45) is 0. The van der Waals surface area contributed by atoms with Crippen molar-refractivity contribution in [1.82, 2.24) is 5.32 Å². The van der Waals surface area contributed by atoms with Crippen LogP contribution in [0.3, 0.4) is 0 Å². The summed E-state index contributed by atoms with van der Waals surface area (Å²) in [6.45, 7) is 5.03. The van der Waals surface area contributed by atoms with E-state index in [0.717, 1.165) is 12.1 Å². The average molecular weight is 254 g/mol. The largest absolute Gasteiger partial charge is 0.496 e. The van der Waals surface area contributed by atoms with Gasteiger partial charge in [-0.2, -0.15) is 0 Å². The number of hydrogen-bond donors (Lipinski definition) is 2. The third-order valence-electron chi connectivity index (χ3n) is 3.31. The predicted molar refractivity (Wildman–Crippen MR) is 72.1 cm³/mol. The van der Waals surface area contributed by atoms with Crippen molar-refractivity contribution >= 4 is 0 Å². The Labute approximate surface area is 109 Å². The fourth-order valence-electron chi connectivity index (χ4n) is 2.21. The quantitative estimate of drug-likeness (QED) is 0.819. The SMILES string of the molecule is CNCC(C(C)C)C(N)c1cc(F)ccc1OC. The lowest BCUT2D eigenvalue weighted by Crippen LogP contribution is -2.33. The maximum absolute atomic E-state index is 13.4. The van der Waals surface area contributed by atoms with Gasteiger partial charge in [-0.15, -0.1) is 0 Å². The highest BCUT2D eigenvalue weighted by molar-refractivity contribution is 5.36. The fraction of sp³-hybridized carbons (Fsp3) is 0.571. The second kappa shape index (κ2) is 6.71. The number of benzene rings is 1. The molecule has 1 rings (SSSR count). The molecule has 0 saturated heterocycles. The van der Waals surface area contributed by atoms with Crippen molar-refractivity contribution in [2.45, 2.75) is 19.9 Å². The molecule has 3 nitrogen and oxygen atoms in total. The molecule has 18 heavy (non-hydrogen) atoms. The normalized spacial score (nSPS) is 14.6. The van der Waals surface area contributed by atoms with Crippen molar-refractivity contribution in [2.75, 3.05) is 20.7 Å². The minimum absolute atomic E-state index is 0.227. The Balaban J connectivity index is 3.06. The van der Waals surface area contributed by atoms with Gasteiger partial charge in [0.05, 0.1) is 7.11 Å². The van der Waals surface area contributed by atoms with Gasteiger partial charge >= 0.3 is 0 Å². The average Bonchev–Trinajstić information content (AvgIpc) is 2.34. The molecular weight excluding hydrogens is 231 g/mol. The van der Waals surface area contributed by atoms with Crippen LogP contribution in [0.1, 0.15) is 25.5 Å².